The summed E-state index contributed by atoms with van der Waals surface area (Å²) < 4.78 is 5.63. The van der Waals surface area contributed by atoms with Crippen molar-refractivity contribution in [3.63, 3.8) is 0 Å². The van der Waals surface area contributed by atoms with Crippen LogP contribution in [0, 0.1) is 5.92 Å². The monoisotopic (exact) mass is 142 g/mol. The van der Waals surface area contributed by atoms with Crippen LogP contribution in [0.3, 0.4) is 0 Å². The molecule has 0 aromatic carbocycles. The van der Waals surface area contributed by atoms with Gasteiger partial charge in [0.1, 0.15) is 0 Å². The van der Waals surface area contributed by atoms with Crippen molar-refractivity contribution in [3.05, 3.63) is 0 Å². The Morgan fingerprint density at radius 3 is 2.60 bits per heavy atom. The summed E-state index contributed by atoms with van der Waals surface area (Å²) >= 11 is 0. The maximum Gasteiger partial charge on any atom is 0.0575 e. The average Bonchev–Trinajstić information content (AvgIpc) is 1.84. The Labute approximate surface area is 63.8 Å². The van der Waals surface area contributed by atoms with Gasteiger partial charge in [0.25, 0.3) is 0 Å². The van der Waals surface area contributed by atoms with Gasteiger partial charge >= 0.3 is 0 Å². The van der Waals surface area contributed by atoms with Crippen LogP contribution in [-0.2, 0) is 4.74 Å². The summed E-state index contributed by atoms with van der Waals surface area (Å²) in [6.07, 6.45) is 5.85. The van der Waals surface area contributed by atoms with Crippen molar-refractivity contribution >= 4 is 0 Å². The van der Waals surface area contributed by atoms with E-state index in [9.17, 15) is 0 Å². The Bertz CT molecular complexity index is 82.0. The quantitative estimate of drug-likeness (QED) is 0.586. The van der Waals surface area contributed by atoms with Crippen LogP contribution in [-0.4, -0.2) is 12.7 Å². The van der Waals surface area contributed by atoms with Gasteiger partial charge in [-0.3, -0.25) is 0 Å². The lowest BCUT2D eigenvalue weighted by molar-refractivity contribution is -0.0135. The Hall–Kier alpha value is -0.0400. The minimum Gasteiger partial charge on any atom is -0.378 e. The molecule has 0 aromatic rings. The molecule has 1 heteroatoms. The van der Waals surface area contributed by atoms with Crippen molar-refractivity contribution in [2.45, 2.75) is 45.6 Å². The first-order valence-electron chi connectivity index (χ1n) is 4.44. The molecule has 1 saturated carbocycles. The molecule has 0 saturated heterocycles. The van der Waals surface area contributed by atoms with Crippen molar-refractivity contribution < 1.29 is 4.74 Å². The van der Waals surface area contributed by atoms with E-state index in [1.165, 1.54) is 25.7 Å². The van der Waals surface area contributed by atoms with E-state index in [-0.39, 0.29) is 0 Å². The fourth-order valence-corrected chi connectivity index (χ4v) is 0.956. The number of hydrogen-bond acceptors (Lipinski definition) is 1. The summed E-state index contributed by atoms with van der Waals surface area (Å²) in [7, 11) is 0. The second-order valence-corrected chi connectivity index (χ2v) is 3.40. The SMILES string of the molecule is CCC(C)COC1CCC1. The maximum atomic E-state index is 5.63. The molecule has 1 unspecified atom stereocenters. The largest absolute Gasteiger partial charge is 0.378 e. The highest BCUT2D eigenvalue weighted by atomic mass is 16.5. The first-order chi connectivity index (χ1) is 4.83. The van der Waals surface area contributed by atoms with Crippen molar-refractivity contribution in [3.8, 4) is 0 Å². The number of ether oxygens (including phenoxy) is 1. The second-order valence-electron chi connectivity index (χ2n) is 3.40. The molecule has 1 rings (SSSR count). The highest BCUT2D eigenvalue weighted by molar-refractivity contribution is 4.69. The smallest absolute Gasteiger partial charge is 0.0575 e. The molecule has 0 N–H and O–H groups in total. The van der Waals surface area contributed by atoms with E-state index in [0.29, 0.717) is 6.10 Å². The molecule has 0 spiro atoms. The standard InChI is InChI=1S/C9H18O/c1-3-8(2)7-10-9-5-4-6-9/h8-9H,3-7H2,1-2H3. The molecule has 1 aliphatic rings. The van der Waals surface area contributed by atoms with Crippen LogP contribution in [0.5, 0.6) is 0 Å². The van der Waals surface area contributed by atoms with Crippen LogP contribution < -0.4 is 0 Å². The molecule has 1 atom stereocenters. The lowest BCUT2D eigenvalue weighted by Gasteiger charge is -2.26. The minimum absolute atomic E-state index is 0.619. The first kappa shape index (κ1) is 8.06. The molecule has 0 bridgehead atoms. The van der Waals surface area contributed by atoms with Crippen LogP contribution in [0.2, 0.25) is 0 Å². The summed E-state index contributed by atoms with van der Waals surface area (Å²) in [5.74, 6) is 0.751. The van der Waals surface area contributed by atoms with E-state index in [4.69, 9.17) is 4.74 Å². The zero-order valence-corrected chi connectivity index (χ0v) is 7.10. The lowest BCUT2D eigenvalue weighted by atomic mass is 9.96. The van der Waals surface area contributed by atoms with Gasteiger partial charge in [-0.1, -0.05) is 20.3 Å². The lowest BCUT2D eigenvalue weighted by Crippen LogP contribution is -2.23. The van der Waals surface area contributed by atoms with Gasteiger partial charge in [-0.2, -0.15) is 0 Å². The zero-order chi connectivity index (χ0) is 7.40. The van der Waals surface area contributed by atoms with Crippen LogP contribution in [0.1, 0.15) is 39.5 Å². The molecule has 0 amide bonds. The fraction of sp³-hybridized carbons (Fsp3) is 1.00. The Balaban J connectivity index is 1.93. The fourth-order valence-electron chi connectivity index (χ4n) is 0.956. The third-order valence-electron chi connectivity index (χ3n) is 2.37. The van der Waals surface area contributed by atoms with Gasteiger partial charge < -0.3 is 4.74 Å². The molecule has 10 heavy (non-hydrogen) atoms. The first-order valence-corrected chi connectivity index (χ1v) is 4.44. The summed E-state index contributed by atoms with van der Waals surface area (Å²) in [5, 5.41) is 0. The third-order valence-corrected chi connectivity index (χ3v) is 2.37. The van der Waals surface area contributed by atoms with Crippen molar-refractivity contribution in [1.29, 1.82) is 0 Å². The van der Waals surface area contributed by atoms with Crippen LogP contribution in [0.15, 0.2) is 0 Å². The second kappa shape index (κ2) is 3.97. The highest BCUT2D eigenvalue weighted by Crippen LogP contribution is 2.22. The third kappa shape index (κ3) is 2.30. The summed E-state index contributed by atoms with van der Waals surface area (Å²) in [5.41, 5.74) is 0. The van der Waals surface area contributed by atoms with E-state index >= 15 is 0 Å². The average molecular weight is 142 g/mol. The van der Waals surface area contributed by atoms with Gasteiger partial charge in [-0.05, 0) is 25.2 Å². The molecule has 1 nitrogen and oxygen atoms in total. The summed E-state index contributed by atoms with van der Waals surface area (Å²) in [4.78, 5) is 0. The van der Waals surface area contributed by atoms with Crippen LogP contribution >= 0.6 is 0 Å². The molecule has 1 aliphatic carbocycles. The van der Waals surface area contributed by atoms with Crippen molar-refractivity contribution in [2.24, 2.45) is 5.92 Å². The van der Waals surface area contributed by atoms with E-state index in [1.54, 1.807) is 0 Å². The molecule has 60 valence electrons. The molecular formula is C9H18O. The van der Waals surface area contributed by atoms with E-state index < -0.39 is 0 Å². The van der Waals surface area contributed by atoms with Gasteiger partial charge in [0.15, 0.2) is 0 Å². The van der Waals surface area contributed by atoms with Gasteiger partial charge in [-0.25, -0.2) is 0 Å². The maximum absolute atomic E-state index is 5.63. The van der Waals surface area contributed by atoms with E-state index in [2.05, 4.69) is 13.8 Å². The zero-order valence-electron chi connectivity index (χ0n) is 7.10. The molecular weight excluding hydrogens is 124 g/mol. The van der Waals surface area contributed by atoms with E-state index in [1.807, 2.05) is 0 Å². The Morgan fingerprint density at radius 1 is 1.50 bits per heavy atom. The minimum atomic E-state index is 0.619. The predicted octanol–water partition coefficient (Wildman–Crippen LogP) is 2.60. The van der Waals surface area contributed by atoms with Gasteiger partial charge in [0.2, 0.25) is 0 Å². The van der Waals surface area contributed by atoms with Crippen LogP contribution in [0.25, 0.3) is 0 Å². The summed E-state index contributed by atoms with van der Waals surface area (Å²) in [6, 6.07) is 0. The van der Waals surface area contributed by atoms with Crippen molar-refractivity contribution in [2.75, 3.05) is 6.61 Å². The predicted molar refractivity (Wildman–Crippen MR) is 43.0 cm³/mol. The number of rotatable bonds is 4. The van der Waals surface area contributed by atoms with Gasteiger partial charge in [0.05, 0.1) is 6.10 Å². The van der Waals surface area contributed by atoms with Gasteiger partial charge in [0, 0.05) is 6.61 Å². The van der Waals surface area contributed by atoms with Crippen molar-refractivity contribution in [1.82, 2.24) is 0 Å². The Morgan fingerprint density at radius 2 is 2.20 bits per heavy atom. The molecule has 0 aromatic heterocycles. The molecule has 1 fully saturated rings. The molecule has 0 heterocycles. The van der Waals surface area contributed by atoms with Gasteiger partial charge in [-0.15, -0.1) is 0 Å². The number of hydrogen-bond donors (Lipinski definition) is 0. The topological polar surface area (TPSA) is 9.23 Å². The summed E-state index contributed by atoms with van der Waals surface area (Å²) in [6.45, 7) is 5.44. The molecule has 0 aliphatic heterocycles. The highest BCUT2D eigenvalue weighted by Gasteiger charge is 2.17. The normalized spacial score (nSPS) is 22.2. The van der Waals surface area contributed by atoms with E-state index in [0.717, 1.165) is 12.5 Å². The van der Waals surface area contributed by atoms with Crippen LogP contribution in [0.4, 0.5) is 0 Å². The molecule has 0 radical (unpaired) electrons. The Kier molecular flexibility index (Phi) is 3.20.